The first-order valence-corrected chi connectivity index (χ1v) is 11.6. The lowest BCUT2D eigenvalue weighted by atomic mass is 10.2. The highest BCUT2D eigenvalue weighted by Gasteiger charge is 2.25. The smallest absolute Gasteiger partial charge is 0.247 e. The number of carbonyl (C=O) groups is 1. The summed E-state index contributed by atoms with van der Waals surface area (Å²) in [6, 6.07) is 5.56. The van der Waals surface area contributed by atoms with Crippen LogP contribution in [-0.2, 0) is 14.8 Å². The molecule has 0 radical (unpaired) electrons. The Morgan fingerprint density at radius 2 is 1.82 bits per heavy atom. The van der Waals surface area contributed by atoms with Crippen LogP contribution in [0.3, 0.4) is 0 Å². The predicted octanol–water partition coefficient (Wildman–Crippen LogP) is 2.20. The molecule has 1 atom stereocenters. The fourth-order valence-electron chi connectivity index (χ4n) is 2.85. The lowest BCUT2D eigenvalue weighted by Gasteiger charge is -2.20. The van der Waals surface area contributed by atoms with E-state index in [0.717, 1.165) is 0 Å². The second-order valence-corrected chi connectivity index (χ2v) is 8.65. The first-order valence-electron chi connectivity index (χ1n) is 8.95. The largest absolute Gasteiger partial charge is 0.368 e. The summed E-state index contributed by atoms with van der Waals surface area (Å²) in [7, 11) is -3.54. The summed E-state index contributed by atoms with van der Waals surface area (Å²) in [5, 5.41) is 11.2. The molecule has 0 aliphatic heterocycles. The molecular formula is C17H26N6O3S2. The van der Waals surface area contributed by atoms with Gasteiger partial charge >= 0.3 is 0 Å². The van der Waals surface area contributed by atoms with Crippen molar-refractivity contribution >= 4 is 39.3 Å². The zero-order valence-corrected chi connectivity index (χ0v) is 18.0. The number of nitrogens with zero attached hydrogens (tertiary/aromatic N) is 4. The Morgan fingerprint density at radius 1 is 1.21 bits per heavy atom. The van der Waals surface area contributed by atoms with Crippen LogP contribution in [0.25, 0.3) is 0 Å². The molecule has 28 heavy (non-hydrogen) atoms. The number of sulfonamides is 1. The van der Waals surface area contributed by atoms with Crippen LogP contribution in [0.4, 0.5) is 11.6 Å². The predicted molar refractivity (Wildman–Crippen MR) is 111 cm³/mol. The molecule has 1 unspecified atom stereocenters. The number of nitrogens with one attached hydrogen (secondary N) is 1. The van der Waals surface area contributed by atoms with Crippen LogP contribution in [0.5, 0.6) is 0 Å². The number of thioether (sulfide) groups is 1. The molecule has 1 aromatic heterocycles. The molecule has 1 aromatic carbocycles. The lowest BCUT2D eigenvalue weighted by molar-refractivity contribution is -0.119. The Morgan fingerprint density at radius 3 is 2.32 bits per heavy atom. The number of amides is 1. The quantitative estimate of drug-likeness (QED) is 0.589. The zero-order chi connectivity index (χ0) is 20.9. The molecule has 3 N–H and O–H groups in total. The van der Waals surface area contributed by atoms with Gasteiger partial charge in [0.15, 0.2) is 5.16 Å². The highest BCUT2D eigenvalue weighted by atomic mass is 32.2. The van der Waals surface area contributed by atoms with Crippen molar-refractivity contribution in [3.63, 3.8) is 0 Å². The molecule has 1 heterocycles. The van der Waals surface area contributed by atoms with Crippen molar-refractivity contribution in [1.82, 2.24) is 19.1 Å². The number of rotatable bonds is 9. The fraction of sp³-hybridized carbons (Fsp3) is 0.471. The van der Waals surface area contributed by atoms with Crippen molar-refractivity contribution in [3.8, 4) is 0 Å². The van der Waals surface area contributed by atoms with Gasteiger partial charge in [-0.25, -0.2) is 8.42 Å². The average Bonchev–Trinajstić information content (AvgIpc) is 3.04. The van der Waals surface area contributed by atoms with Gasteiger partial charge in [0.2, 0.25) is 21.9 Å². The number of benzene rings is 1. The first kappa shape index (κ1) is 22.2. The summed E-state index contributed by atoms with van der Waals surface area (Å²) in [6.07, 6.45) is 2.33. The first-order chi connectivity index (χ1) is 13.3. The molecule has 2 aromatic rings. The van der Waals surface area contributed by atoms with Gasteiger partial charge in [0.05, 0.1) is 4.90 Å². The summed E-state index contributed by atoms with van der Waals surface area (Å²) in [5.74, 6) is -0.101. The van der Waals surface area contributed by atoms with Gasteiger partial charge < -0.3 is 11.1 Å². The lowest BCUT2D eigenvalue weighted by Crippen LogP contribution is -2.30. The number of nitrogens with two attached hydrogens (primary N) is 1. The van der Waals surface area contributed by atoms with Crippen molar-refractivity contribution < 1.29 is 13.2 Å². The van der Waals surface area contributed by atoms with Crippen molar-refractivity contribution in [1.29, 1.82) is 0 Å². The van der Waals surface area contributed by atoms with Gasteiger partial charge in [-0.2, -0.15) is 4.31 Å². The van der Waals surface area contributed by atoms with Gasteiger partial charge in [0.25, 0.3) is 0 Å². The summed E-state index contributed by atoms with van der Waals surface area (Å²) >= 11 is 1.35. The Balaban J connectivity index is 2.21. The van der Waals surface area contributed by atoms with Crippen molar-refractivity contribution in [3.05, 3.63) is 24.3 Å². The molecule has 0 fully saturated rings. The number of carbonyl (C=O) groups excluding carboxylic acids is 1. The van der Waals surface area contributed by atoms with Crippen molar-refractivity contribution in [2.45, 2.75) is 43.3 Å². The Labute approximate surface area is 169 Å². The van der Waals surface area contributed by atoms with E-state index in [1.165, 1.54) is 28.2 Å². The molecule has 9 nitrogen and oxygen atoms in total. The highest BCUT2D eigenvalue weighted by Crippen LogP contribution is 2.25. The minimum Gasteiger partial charge on any atom is -0.368 e. The third kappa shape index (κ3) is 4.47. The van der Waals surface area contributed by atoms with E-state index in [2.05, 4.69) is 15.5 Å². The maximum absolute atomic E-state index is 12.8. The second kappa shape index (κ2) is 9.39. The standard InChI is InChI=1S/C17H26N6O3S2/c1-5-14(23-16(18)20-21-17(23)27-4)15(24)19-12-8-10-13(11-9-12)28(25,26)22(6-2)7-3/h8-11,14H,5-7H2,1-4H3,(H2,18,20)(H,19,24). The molecule has 0 aliphatic rings. The van der Waals surface area contributed by atoms with E-state index in [4.69, 9.17) is 5.73 Å². The normalized spacial score (nSPS) is 12.9. The molecule has 0 bridgehead atoms. The molecule has 154 valence electrons. The number of nitrogen functional groups attached to an aromatic ring is 1. The molecule has 0 saturated heterocycles. The maximum atomic E-state index is 12.8. The van der Waals surface area contributed by atoms with Crippen LogP contribution in [0.1, 0.15) is 33.2 Å². The average molecular weight is 427 g/mol. The molecule has 0 spiro atoms. The summed E-state index contributed by atoms with van der Waals surface area (Å²) in [5.41, 5.74) is 6.37. The van der Waals surface area contributed by atoms with E-state index in [1.54, 1.807) is 30.5 Å². The molecule has 11 heteroatoms. The number of anilines is 2. The van der Waals surface area contributed by atoms with E-state index >= 15 is 0 Å². The van der Waals surface area contributed by atoms with Gasteiger partial charge in [-0.3, -0.25) is 9.36 Å². The van der Waals surface area contributed by atoms with Gasteiger partial charge in [-0.1, -0.05) is 32.5 Å². The molecule has 0 saturated carbocycles. The summed E-state index contributed by atoms with van der Waals surface area (Å²) in [6.45, 7) is 6.24. The monoisotopic (exact) mass is 426 g/mol. The van der Waals surface area contributed by atoms with Crippen LogP contribution >= 0.6 is 11.8 Å². The SMILES string of the molecule is CCC(C(=O)Nc1ccc(S(=O)(=O)N(CC)CC)cc1)n1c(N)nnc1SC. The zero-order valence-electron chi connectivity index (χ0n) is 16.4. The van der Waals surface area contributed by atoms with Gasteiger partial charge in [-0.05, 0) is 36.9 Å². The minimum absolute atomic E-state index is 0.173. The van der Waals surface area contributed by atoms with E-state index in [-0.39, 0.29) is 16.8 Å². The van der Waals surface area contributed by atoms with Crippen LogP contribution in [-0.4, -0.2) is 52.7 Å². The summed E-state index contributed by atoms with van der Waals surface area (Å²) in [4.78, 5) is 13.0. The Kier molecular flexibility index (Phi) is 7.44. The van der Waals surface area contributed by atoms with Crippen molar-refractivity contribution in [2.75, 3.05) is 30.4 Å². The third-order valence-corrected chi connectivity index (χ3v) is 7.05. The molecule has 1 amide bonds. The molecule has 2 rings (SSSR count). The van der Waals surface area contributed by atoms with Gasteiger partial charge in [-0.15, -0.1) is 10.2 Å². The number of hydrogen-bond acceptors (Lipinski definition) is 7. The maximum Gasteiger partial charge on any atom is 0.247 e. The number of aromatic nitrogens is 3. The number of hydrogen-bond donors (Lipinski definition) is 2. The van der Waals surface area contributed by atoms with Crippen LogP contribution in [0, 0.1) is 0 Å². The van der Waals surface area contributed by atoms with Gasteiger partial charge in [0, 0.05) is 18.8 Å². The van der Waals surface area contributed by atoms with Crippen LogP contribution < -0.4 is 11.1 Å². The highest BCUT2D eigenvalue weighted by molar-refractivity contribution is 7.98. The van der Waals surface area contributed by atoms with Gasteiger partial charge in [0.1, 0.15) is 6.04 Å². The Bertz CT molecular complexity index is 907. The molecular weight excluding hydrogens is 400 g/mol. The molecule has 0 aliphatic carbocycles. The second-order valence-electron chi connectivity index (χ2n) is 5.94. The van der Waals surface area contributed by atoms with E-state index in [1.807, 2.05) is 13.2 Å². The Hall–Kier alpha value is -2.11. The van der Waals surface area contributed by atoms with E-state index in [0.29, 0.717) is 30.4 Å². The van der Waals surface area contributed by atoms with Crippen molar-refractivity contribution in [2.24, 2.45) is 0 Å². The van der Waals surface area contributed by atoms with E-state index < -0.39 is 16.1 Å². The van der Waals surface area contributed by atoms with Crippen LogP contribution in [0.15, 0.2) is 34.3 Å². The van der Waals surface area contributed by atoms with Crippen LogP contribution in [0.2, 0.25) is 0 Å². The third-order valence-electron chi connectivity index (χ3n) is 4.34. The minimum atomic E-state index is -3.54. The fourth-order valence-corrected chi connectivity index (χ4v) is 4.85. The summed E-state index contributed by atoms with van der Waals surface area (Å²) < 4.78 is 28.1. The topological polar surface area (TPSA) is 123 Å². The van der Waals surface area contributed by atoms with E-state index in [9.17, 15) is 13.2 Å².